The van der Waals surface area contributed by atoms with Crippen LogP contribution in [0.1, 0.15) is 17.3 Å². The standard InChI is InChI=1S/C19H13F3N2O3S/c1-10(25)13-4-3-12(7-15(13)21)27-8-18(26)24-19-23-17(9-28-19)11-2-5-14(20)16(22)6-11/h2-7,9H,8H2,1H3,(H,23,24,26). The van der Waals surface area contributed by atoms with Gasteiger partial charge in [-0.05, 0) is 37.3 Å². The van der Waals surface area contributed by atoms with Crippen molar-refractivity contribution in [2.75, 3.05) is 11.9 Å². The third-order valence-corrected chi connectivity index (χ3v) is 4.41. The largest absolute Gasteiger partial charge is 0.484 e. The number of anilines is 1. The number of amides is 1. The Balaban J connectivity index is 1.60. The number of halogens is 3. The lowest BCUT2D eigenvalue weighted by Gasteiger charge is -2.07. The van der Waals surface area contributed by atoms with Gasteiger partial charge in [0.15, 0.2) is 29.2 Å². The molecule has 0 atom stereocenters. The Labute approximate surface area is 161 Å². The normalized spacial score (nSPS) is 10.6. The molecule has 144 valence electrons. The second-order valence-electron chi connectivity index (χ2n) is 5.70. The highest BCUT2D eigenvalue weighted by Gasteiger charge is 2.12. The molecule has 2 aromatic carbocycles. The van der Waals surface area contributed by atoms with Crippen LogP contribution in [0.15, 0.2) is 41.8 Å². The minimum atomic E-state index is -0.993. The van der Waals surface area contributed by atoms with Crippen LogP contribution in [0.5, 0.6) is 5.75 Å². The van der Waals surface area contributed by atoms with Crippen LogP contribution < -0.4 is 10.1 Å². The van der Waals surface area contributed by atoms with Gasteiger partial charge < -0.3 is 4.74 Å². The number of rotatable bonds is 6. The zero-order valence-electron chi connectivity index (χ0n) is 14.5. The van der Waals surface area contributed by atoms with E-state index in [1.807, 2.05) is 0 Å². The van der Waals surface area contributed by atoms with Gasteiger partial charge in [0.2, 0.25) is 0 Å². The Kier molecular flexibility index (Phi) is 5.74. The van der Waals surface area contributed by atoms with E-state index in [-0.39, 0.29) is 16.4 Å². The van der Waals surface area contributed by atoms with Crippen molar-refractivity contribution >= 4 is 28.2 Å². The molecular weight excluding hydrogens is 393 g/mol. The van der Waals surface area contributed by atoms with Crippen molar-refractivity contribution in [3.05, 3.63) is 64.8 Å². The molecule has 0 saturated heterocycles. The van der Waals surface area contributed by atoms with E-state index in [1.165, 1.54) is 25.1 Å². The first kappa shape index (κ1) is 19.6. The van der Waals surface area contributed by atoms with Crippen molar-refractivity contribution in [1.82, 2.24) is 4.98 Å². The van der Waals surface area contributed by atoms with E-state index in [0.29, 0.717) is 11.3 Å². The zero-order valence-corrected chi connectivity index (χ0v) is 15.3. The Hall–Kier alpha value is -3.20. The number of hydrogen-bond donors (Lipinski definition) is 1. The molecule has 0 radical (unpaired) electrons. The van der Waals surface area contributed by atoms with Crippen LogP contribution in [-0.4, -0.2) is 23.3 Å². The van der Waals surface area contributed by atoms with Crippen LogP contribution in [0.25, 0.3) is 11.3 Å². The molecule has 0 fully saturated rings. The van der Waals surface area contributed by atoms with Gasteiger partial charge in [0, 0.05) is 17.0 Å². The van der Waals surface area contributed by atoms with E-state index >= 15 is 0 Å². The number of Topliss-reactive ketones (excluding diaryl/α,β-unsaturated/α-hetero) is 1. The first-order valence-electron chi connectivity index (χ1n) is 7.97. The first-order chi connectivity index (χ1) is 13.3. The maximum Gasteiger partial charge on any atom is 0.264 e. The van der Waals surface area contributed by atoms with Crippen molar-refractivity contribution in [1.29, 1.82) is 0 Å². The van der Waals surface area contributed by atoms with Crippen molar-refractivity contribution in [2.45, 2.75) is 6.92 Å². The minimum absolute atomic E-state index is 0.0654. The summed E-state index contributed by atoms with van der Waals surface area (Å²) in [5.74, 6) is -3.55. The van der Waals surface area contributed by atoms with Gasteiger partial charge in [-0.2, -0.15) is 0 Å². The zero-order chi connectivity index (χ0) is 20.3. The predicted molar refractivity (Wildman–Crippen MR) is 98.0 cm³/mol. The number of aromatic nitrogens is 1. The Morgan fingerprint density at radius 1 is 1.07 bits per heavy atom. The summed E-state index contributed by atoms with van der Waals surface area (Å²) in [5, 5.41) is 4.32. The average Bonchev–Trinajstić information content (AvgIpc) is 3.10. The van der Waals surface area contributed by atoms with Gasteiger partial charge >= 0.3 is 0 Å². The number of carbonyl (C=O) groups is 2. The van der Waals surface area contributed by atoms with E-state index in [0.717, 1.165) is 29.5 Å². The number of ketones is 1. The number of benzene rings is 2. The van der Waals surface area contributed by atoms with Gasteiger partial charge in [-0.25, -0.2) is 18.2 Å². The van der Waals surface area contributed by atoms with Gasteiger partial charge in [0.25, 0.3) is 5.91 Å². The monoisotopic (exact) mass is 406 g/mol. The van der Waals surface area contributed by atoms with Crippen LogP contribution >= 0.6 is 11.3 Å². The van der Waals surface area contributed by atoms with Crippen LogP contribution in [0.2, 0.25) is 0 Å². The maximum absolute atomic E-state index is 13.7. The molecule has 3 aromatic rings. The lowest BCUT2D eigenvalue weighted by Crippen LogP contribution is -2.20. The van der Waals surface area contributed by atoms with E-state index < -0.39 is 35.7 Å². The van der Waals surface area contributed by atoms with Crippen molar-refractivity contribution < 1.29 is 27.5 Å². The third kappa shape index (κ3) is 4.55. The Morgan fingerprint density at radius 3 is 2.54 bits per heavy atom. The fourth-order valence-corrected chi connectivity index (χ4v) is 3.03. The number of hydrogen-bond acceptors (Lipinski definition) is 5. The second-order valence-corrected chi connectivity index (χ2v) is 6.56. The summed E-state index contributed by atoms with van der Waals surface area (Å²) in [6.07, 6.45) is 0. The molecule has 5 nitrogen and oxygen atoms in total. The van der Waals surface area contributed by atoms with E-state index in [4.69, 9.17) is 4.74 Å². The van der Waals surface area contributed by atoms with Crippen LogP contribution in [0.4, 0.5) is 18.3 Å². The van der Waals surface area contributed by atoms with E-state index in [9.17, 15) is 22.8 Å². The Bertz CT molecular complexity index is 1050. The summed E-state index contributed by atoms with van der Waals surface area (Å²) < 4.78 is 45.2. The average molecular weight is 406 g/mol. The molecule has 0 aliphatic carbocycles. The molecule has 0 aliphatic heterocycles. The summed E-state index contributed by atoms with van der Waals surface area (Å²) >= 11 is 1.10. The molecule has 1 heterocycles. The molecule has 9 heteroatoms. The maximum atomic E-state index is 13.7. The smallest absolute Gasteiger partial charge is 0.264 e. The summed E-state index contributed by atoms with van der Waals surface area (Å²) in [4.78, 5) is 27.3. The van der Waals surface area contributed by atoms with E-state index in [1.54, 1.807) is 5.38 Å². The fraction of sp³-hybridized carbons (Fsp3) is 0.105. The highest BCUT2D eigenvalue weighted by molar-refractivity contribution is 7.14. The van der Waals surface area contributed by atoms with Crippen molar-refractivity contribution in [3.63, 3.8) is 0 Å². The highest BCUT2D eigenvalue weighted by atomic mass is 32.1. The third-order valence-electron chi connectivity index (χ3n) is 3.66. The molecule has 0 unspecified atom stereocenters. The Morgan fingerprint density at radius 2 is 1.86 bits per heavy atom. The van der Waals surface area contributed by atoms with Gasteiger partial charge in [-0.15, -0.1) is 11.3 Å². The lowest BCUT2D eigenvalue weighted by atomic mass is 10.1. The molecule has 1 amide bonds. The number of thiazole rings is 1. The van der Waals surface area contributed by atoms with Crippen molar-refractivity contribution in [3.8, 4) is 17.0 Å². The van der Waals surface area contributed by atoms with Crippen LogP contribution in [-0.2, 0) is 4.79 Å². The number of carbonyl (C=O) groups excluding carboxylic acids is 2. The van der Waals surface area contributed by atoms with Gasteiger partial charge in [0.1, 0.15) is 11.6 Å². The number of nitrogens with one attached hydrogen (secondary N) is 1. The van der Waals surface area contributed by atoms with E-state index in [2.05, 4.69) is 10.3 Å². The molecule has 0 spiro atoms. The molecule has 0 bridgehead atoms. The molecule has 0 aliphatic rings. The molecule has 1 N–H and O–H groups in total. The van der Waals surface area contributed by atoms with Gasteiger partial charge in [0.05, 0.1) is 11.3 Å². The second kappa shape index (κ2) is 8.22. The highest BCUT2D eigenvalue weighted by Crippen LogP contribution is 2.26. The summed E-state index contributed by atoms with van der Waals surface area (Å²) in [6.45, 7) is 0.841. The molecule has 3 rings (SSSR count). The van der Waals surface area contributed by atoms with Crippen LogP contribution in [0, 0.1) is 17.5 Å². The molecule has 28 heavy (non-hydrogen) atoms. The summed E-state index contributed by atoms with van der Waals surface area (Å²) in [7, 11) is 0. The lowest BCUT2D eigenvalue weighted by molar-refractivity contribution is -0.118. The molecular formula is C19H13F3N2O3S. The molecule has 0 saturated carbocycles. The fourth-order valence-electron chi connectivity index (χ4n) is 2.29. The quantitative estimate of drug-likeness (QED) is 0.615. The number of nitrogens with zero attached hydrogens (tertiary/aromatic N) is 1. The summed E-state index contributed by atoms with van der Waals surface area (Å²) in [5.41, 5.74) is 0.680. The summed E-state index contributed by atoms with van der Waals surface area (Å²) in [6, 6.07) is 7.07. The van der Waals surface area contributed by atoms with Crippen molar-refractivity contribution in [2.24, 2.45) is 0 Å². The SMILES string of the molecule is CC(=O)c1ccc(OCC(=O)Nc2nc(-c3ccc(F)c(F)c3)cs2)cc1F. The van der Waals surface area contributed by atoms with Crippen LogP contribution in [0.3, 0.4) is 0 Å². The molecule has 1 aromatic heterocycles. The topological polar surface area (TPSA) is 68.3 Å². The minimum Gasteiger partial charge on any atom is -0.484 e. The predicted octanol–water partition coefficient (Wildman–Crippen LogP) is 4.45. The van der Waals surface area contributed by atoms with Gasteiger partial charge in [-0.3, -0.25) is 14.9 Å². The first-order valence-corrected chi connectivity index (χ1v) is 8.85. The van der Waals surface area contributed by atoms with Gasteiger partial charge in [-0.1, -0.05) is 0 Å². The number of ether oxygens (including phenoxy) is 1.